The fourth-order valence-electron chi connectivity index (χ4n) is 1.65. The van der Waals surface area contributed by atoms with Gasteiger partial charge in [-0.2, -0.15) is 0 Å². The molecule has 0 N–H and O–H groups in total. The van der Waals surface area contributed by atoms with Gasteiger partial charge in [0.15, 0.2) is 0 Å². The van der Waals surface area contributed by atoms with E-state index in [2.05, 4.69) is 11.7 Å². The summed E-state index contributed by atoms with van der Waals surface area (Å²) in [5, 5.41) is 1.42. The third kappa shape index (κ3) is 11.8. The zero-order chi connectivity index (χ0) is 13.6. The number of unbranched alkanes of at least 4 members (excludes halogenated alkanes) is 7. The van der Waals surface area contributed by atoms with Crippen LogP contribution in [0.5, 0.6) is 0 Å². The van der Waals surface area contributed by atoms with Crippen LogP contribution in [0.4, 0.5) is 0 Å². The predicted molar refractivity (Wildman–Crippen MR) is 76.8 cm³/mol. The number of hydrogen-bond acceptors (Lipinski definition) is 3. The molecule has 0 aromatic heterocycles. The first-order chi connectivity index (χ1) is 8.70. The lowest BCUT2D eigenvalue weighted by Gasteiger charge is -2.00. The van der Waals surface area contributed by atoms with Crippen LogP contribution in [0.15, 0.2) is 11.5 Å². The molecule has 0 aliphatic heterocycles. The van der Waals surface area contributed by atoms with Crippen LogP contribution in [0.25, 0.3) is 0 Å². The molecule has 106 valence electrons. The molecule has 0 aromatic carbocycles. The molecule has 0 aromatic rings. The van der Waals surface area contributed by atoms with Gasteiger partial charge in [-0.3, -0.25) is 4.21 Å². The first kappa shape index (κ1) is 17.4. The smallest absolute Gasteiger partial charge is 0.331 e. The number of carbonyl (C=O) groups is 1. The van der Waals surface area contributed by atoms with Crippen LogP contribution in [0.2, 0.25) is 0 Å². The van der Waals surface area contributed by atoms with Gasteiger partial charge in [-0.25, -0.2) is 4.79 Å². The van der Waals surface area contributed by atoms with E-state index >= 15 is 0 Å². The van der Waals surface area contributed by atoms with Crippen LogP contribution in [0.1, 0.15) is 58.3 Å². The van der Waals surface area contributed by atoms with Gasteiger partial charge in [-0.1, -0.05) is 51.9 Å². The normalized spacial score (nSPS) is 12.8. The van der Waals surface area contributed by atoms with Gasteiger partial charge in [-0.15, -0.1) is 0 Å². The van der Waals surface area contributed by atoms with Gasteiger partial charge in [0, 0.05) is 28.0 Å². The van der Waals surface area contributed by atoms with Crippen molar-refractivity contribution in [3.63, 3.8) is 0 Å². The van der Waals surface area contributed by atoms with Crippen molar-refractivity contribution in [3.05, 3.63) is 11.5 Å². The summed E-state index contributed by atoms with van der Waals surface area (Å²) < 4.78 is 15.9. The minimum absolute atomic E-state index is 0.445. The molecule has 4 heteroatoms. The molecule has 0 rings (SSSR count). The lowest BCUT2D eigenvalue weighted by molar-refractivity contribution is -0.134. The molecule has 0 saturated carbocycles. The Kier molecular flexibility index (Phi) is 12.4. The summed E-state index contributed by atoms with van der Waals surface area (Å²) in [4.78, 5) is 10.8. The van der Waals surface area contributed by atoms with Gasteiger partial charge in [0.1, 0.15) is 0 Å². The van der Waals surface area contributed by atoms with Gasteiger partial charge in [0.2, 0.25) is 0 Å². The summed E-state index contributed by atoms with van der Waals surface area (Å²) in [5.74, 6) is 0.196. The molecule has 0 amide bonds. The lowest BCUT2D eigenvalue weighted by atomic mass is 10.1. The Morgan fingerprint density at radius 3 is 2.17 bits per heavy atom. The van der Waals surface area contributed by atoms with Crippen molar-refractivity contribution in [1.82, 2.24) is 0 Å². The first-order valence-corrected chi connectivity index (χ1v) is 8.22. The zero-order valence-corrected chi connectivity index (χ0v) is 12.5. The van der Waals surface area contributed by atoms with E-state index in [9.17, 15) is 9.00 Å². The van der Waals surface area contributed by atoms with Crippen molar-refractivity contribution >= 4 is 16.8 Å². The van der Waals surface area contributed by atoms with Crippen LogP contribution < -0.4 is 0 Å². The predicted octanol–water partition coefficient (Wildman–Crippen LogP) is 3.56. The van der Waals surface area contributed by atoms with Crippen LogP contribution in [0, 0.1) is 0 Å². The summed E-state index contributed by atoms with van der Waals surface area (Å²) in [6.45, 7) is 2.22. The molecule has 0 fully saturated rings. The second-order valence-corrected chi connectivity index (χ2v) is 5.83. The first-order valence-electron chi connectivity index (χ1n) is 6.84. The van der Waals surface area contributed by atoms with Gasteiger partial charge < -0.3 is 4.74 Å². The fourth-order valence-corrected chi connectivity index (χ4v) is 2.53. The summed E-state index contributed by atoms with van der Waals surface area (Å²) >= 11 is 0. The van der Waals surface area contributed by atoms with Crippen molar-refractivity contribution in [2.24, 2.45) is 0 Å². The average Bonchev–Trinajstić information content (AvgIpc) is 2.39. The lowest BCUT2D eigenvalue weighted by Crippen LogP contribution is -1.97. The molecule has 0 aliphatic carbocycles. The van der Waals surface area contributed by atoms with Crippen LogP contribution in [-0.2, 0) is 20.3 Å². The zero-order valence-electron chi connectivity index (χ0n) is 11.7. The number of rotatable bonds is 11. The highest BCUT2D eigenvalue weighted by Gasteiger charge is 1.97. The van der Waals surface area contributed by atoms with Gasteiger partial charge >= 0.3 is 5.97 Å². The Morgan fingerprint density at radius 2 is 1.61 bits per heavy atom. The molecule has 0 heterocycles. The highest BCUT2D eigenvalue weighted by molar-refractivity contribution is 7.87. The molecular formula is C14H26O3S. The monoisotopic (exact) mass is 274 g/mol. The third-order valence-electron chi connectivity index (χ3n) is 2.76. The maximum absolute atomic E-state index is 11.5. The third-order valence-corrected chi connectivity index (χ3v) is 3.89. The molecule has 1 atom stereocenters. The van der Waals surface area contributed by atoms with Gasteiger partial charge in [-0.05, 0) is 6.42 Å². The molecule has 18 heavy (non-hydrogen) atoms. The van der Waals surface area contributed by atoms with Crippen molar-refractivity contribution < 1.29 is 13.7 Å². The summed E-state index contributed by atoms with van der Waals surface area (Å²) in [6, 6.07) is 0. The van der Waals surface area contributed by atoms with Crippen molar-refractivity contribution in [2.75, 3.05) is 12.9 Å². The second kappa shape index (κ2) is 12.8. The highest BCUT2D eigenvalue weighted by atomic mass is 32.2. The molecule has 0 radical (unpaired) electrons. The highest BCUT2D eigenvalue weighted by Crippen LogP contribution is 2.08. The minimum atomic E-state index is -1.03. The molecular weight excluding hydrogens is 248 g/mol. The van der Waals surface area contributed by atoms with E-state index in [0.29, 0.717) is 5.75 Å². The maximum Gasteiger partial charge on any atom is 0.331 e. The van der Waals surface area contributed by atoms with E-state index in [1.807, 2.05) is 0 Å². The SMILES string of the molecule is CCCCCCCCCCS(=O)C=CC(=O)OC. The van der Waals surface area contributed by atoms with E-state index < -0.39 is 16.8 Å². The number of methoxy groups -OCH3 is 1. The fraction of sp³-hybridized carbons (Fsp3) is 0.786. The van der Waals surface area contributed by atoms with Gasteiger partial charge in [0.25, 0.3) is 0 Å². The van der Waals surface area contributed by atoms with Crippen LogP contribution in [-0.4, -0.2) is 23.0 Å². The quantitative estimate of drug-likeness (QED) is 0.329. The second-order valence-electron chi connectivity index (χ2n) is 4.39. The summed E-state index contributed by atoms with van der Waals surface area (Å²) in [7, 11) is 0.280. The molecule has 0 aliphatic rings. The van der Waals surface area contributed by atoms with Gasteiger partial charge in [0.05, 0.1) is 7.11 Å². The van der Waals surface area contributed by atoms with Crippen LogP contribution >= 0.6 is 0 Å². The number of carbonyl (C=O) groups excluding carboxylic acids is 1. The average molecular weight is 274 g/mol. The Hall–Kier alpha value is -0.640. The van der Waals surface area contributed by atoms with E-state index in [-0.39, 0.29) is 0 Å². The van der Waals surface area contributed by atoms with Crippen molar-refractivity contribution in [2.45, 2.75) is 58.3 Å². The Balaban J connectivity index is 3.35. The Morgan fingerprint density at radius 1 is 1.06 bits per heavy atom. The summed E-state index contributed by atoms with van der Waals surface area (Å²) in [6.07, 6.45) is 11.1. The van der Waals surface area contributed by atoms with E-state index in [1.54, 1.807) is 0 Å². The van der Waals surface area contributed by atoms with E-state index in [0.717, 1.165) is 12.8 Å². The topological polar surface area (TPSA) is 43.4 Å². The van der Waals surface area contributed by atoms with Crippen molar-refractivity contribution in [3.8, 4) is 0 Å². The standard InChI is InChI=1S/C14H26O3S/c1-3-4-5-6-7-8-9-10-12-18(16)13-11-14(15)17-2/h11,13H,3-10,12H2,1-2H3. The van der Waals surface area contributed by atoms with Crippen molar-refractivity contribution in [1.29, 1.82) is 0 Å². The van der Waals surface area contributed by atoms with Crippen LogP contribution in [0.3, 0.4) is 0 Å². The van der Waals surface area contributed by atoms with E-state index in [4.69, 9.17) is 0 Å². The minimum Gasteiger partial charge on any atom is -0.466 e. The largest absolute Gasteiger partial charge is 0.466 e. The molecule has 0 bridgehead atoms. The molecule has 0 saturated heterocycles. The summed E-state index contributed by atoms with van der Waals surface area (Å²) in [5.41, 5.74) is 0. The Bertz CT molecular complexity index is 262. The Labute approximate surface area is 113 Å². The molecule has 1 unspecified atom stereocenters. The number of esters is 1. The number of ether oxygens (including phenoxy) is 1. The number of hydrogen-bond donors (Lipinski definition) is 0. The maximum atomic E-state index is 11.5. The molecule has 0 spiro atoms. The molecule has 3 nitrogen and oxygen atoms in total. The van der Waals surface area contributed by atoms with E-state index in [1.165, 1.54) is 57.1 Å².